The maximum atomic E-state index is 9.99. The van der Waals surface area contributed by atoms with Gasteiger partial charge in [-0.2, -0.15) is 0 Å². The number of isocyanates is 1. The Morgan fingerprint density at radius 3 is 2.90 bits per heavy atom. The molecule has 0 aliphatic carbocycles. The molecule has 0 saturated carbocycles. The molecule has 4 heteroatoms. The molecule has 1 rings (SSSR count). The Hall–Kier alpha value is -1.67. The summed E-state index contributed by atoms with van der Waals surface area (Å²) in [5.41, 5.74) is 0. The van der Waals surface area contributed by atoms with Crippen LogP contribution in [0.5, 0.6) is 0 Å². The van der Waals surface area contributed by atoms with Crippen LogP contribution >= 0.6 is 0 Å². The van der Waals surface area contributed by atoms with Crippen LogP contribution in [0.2, 0.25) is 0 Å². The van der Waals surface area contributed by atoms with Gasteiger partial charge in [-0.15, -0.1) is 4.99 Å². The van der Waals surface area contributed by atoms with Gasteiger partial charge in [0.25, 0.3) is 0 Å². The van der Waals surface area contributed by atoms with Gasteiger partial charge in [0, 0.05) is 6.07 Å². The van der Waals surface area contributed by atoms with E-state index in [4.69, 9.17) is 0 Å². The van der Waals surface area contributed by atoms with Crippen molar-refractivity contribution in [1.82, 2.24) is 0 Å². The zero-order valence-corrected chi connectivity index (χ0v) is 4.90. The number of hydrogen-bond acceptors (Lipinski definition) is 4. The summed E-state index contributed by atoms with van der Waals surface area (Å²) in [6, 6.07) is 2.83. The first-order valence-electron chi connectivity index (χ1n) is 2.49. The summed E-state index contributed by atoms with van der Waals surface area (Å²) >= 11 is 0. The lowest BCUT2D eigenvalue weighted by molar-refractivity contribution is 0.110. The fraction of sp³-hybridized carbons (Fsp3) is 0. The minimum atomic E-state index is 0.0945. The molecule has 0 spiro atoms. The van der Waals surface area contributed by atoms with E-state index in [0.717, 1.165) is 0 Å². The predicted molar refractivity (Wildman–Crippen MR) is 31.9 cm³/mol. The normalized spacial score (nSPS) is 8.40. The molecule has 50 valence electrons. The van der Waals surface area contributed by atoms with Crippen LogP contribution in [0.3, 0.4) is 0 Å². The molecule has 1 aromatic heterocycles. The van der Waals surface area contributed by atoms with Crippen molar-refractivity contribution in [2.75, 3.05) is 0 Å². The van der Waals surface area contributed by atoms with Gasteiger partial charge in [0.2, 0.25) is 12.0 Å². The summed E-state index contributed by atoms with van der Waals surface area (Å²) in [5.74, 6) is 0.242. The van der Waals surface area contributed by atoms with Crippen molar-refractivity contribution in [1.29, 1.82) is 0 Å². The highest BCUT2D eigenvalue weighted by atomic mass is 16.4. The third-order valence-corrected chi connectivity index (χ3v) is 0.885. The van der Waals surface area contributed by atoms with Gasteiger partial charge in [-0.1, -0.05) is 0 Å². The molecule has 0 atom stereocenters. The van der Waals surface area contributed by atoms with Gasteiger partial charge < -0.3 is 4.42 Å². The first-order chi connectivity index (χ1) is 4.86. The van der Waals surface area contributed by atoms with E-state index in [0.29, 0.717) is 6.29 Å². The average Bonchev–Trinajstić information content (AvgIpc) is 2.37. The van der Waals surface area contributed by atoms with E-state index in [9.17, 15) is 9.59 Å². The molecule has 0 aliphatic rings. The minimum absolute atomic E-state index is 0.0945. The molecule has 0 fully saturated rings. The lowest BCUT2D eigenvalue weighted by atomic mass is 10.5. The second kappa shape index (κ2) is 2.75. The van der Waals surface area contributed by atoms with Crippen LogP contribution < -0.4 is 0 Å². The van der Waals surface area contributed by atoms with Crippen LogP contribution in [0.1, 0.15) is 10.6 Å². The van der Waals surface area contributed by atoms with E-state index in [1.807, 2.05) is 0 Å². The molecule has 0 radical (unpaired) electrons. The van der Waals surface area contributed by atoms with Gasteiger partial charge in [0.15, 0.2) is 12.0 Å². The molecule has 0 N–H and O–H groups in total. The number of aldehydes is 1. The van der Waals surface area contributed by atoms with Crippen LogP contribution in [-0.2, 0) is 4.79 Å². The van der Waals surface area contributed by atoms with E-state index < -0.39 is 0 Å². The summed E-state index contributed by atoms with van der Waals surface area (Å²) in [6.45, 7) is 0. The molecular formula is C6H3NO3. The Labute approximate surface area is 56.2 Å². The van der Waals surface area contributed by atoms with Gasteiger partial charge in [-0.3, -0.25) is 4.79 Å². The second-order valence-electron chi connectivity index (χ2n) is 1.50. The fourth-order valence-corrected chi connectivity index (χ4v) is 0.511. The van der Waals surface area contributed by atoms with Crippen LogP contribution in [0.25, 0.3) is 0 Å². The van der Waals surface area contributed by atoms with Crippen molar-refractivity contribution in [3.8, 4) is 0 Å². The van der Waals surface area contributed by atoms with Crippen molar-refractivity contribution >= 4 is 18.3 Å². The van der Waals surface area contributed by atoms with E-state index in [-0.39, 0.29) is 11.6 Å². The summed E-state index contributed by atoms with van der Waals surface area (Å²) in [7, 11) is 0. The summed E-state index contributed by atoms with van der Waals surface area (Å²) in [5, 5.41) is 0. The molecule has 4 nitrogen and oxygen atoms in total. The van der Waals surface area contributed by atoms with Crippen LogP contribution in [0, 0.1) is 0 Å². The minimum Gasteiger partial charge on any atom is -0.435 e. The van der Waals surface area contributed by atoms with Gasteiger partial charge >= 0.3 is 0 Å². The van der Waals surface area contributed by atoms with E-state index in [1.54, 1.807) is 0 Å². The molecule has 0 aliphatic heterocycles. The molecule has 0 bridgehead atoms. The van der Waals surface area contributed by atoms with Crippen molar-refractivity contribution in [3.63, 3.8) is 0 Å². The van der Waals surface area contributed by atoms with Crippen molar-refractivity contribution in [2.24, 2.45) is 4.99 Å². The van der Waals surface area contributed by atoms with Gasteiger partial charge in [0.1, 0.15) is 0 Å². The smallest absolute Gasteiger partial charge is 0.243 e. The lowest BCUT2D eigenvalue weighted by Crippen LogP contribution is -1.65. The van der Waals surface area contributed by atoms with Gasteiger partial charge in [-0.25, -0.2) is 4.79 Å². The lowest BCUT2D eigenvalue weighted by Gasteiger charge is -1.76. The topological polar surface area (TPSA) is 59.6 Å². The highest BCUT2D eigenvalue weighted by Crippen LogP contribution is 2.13. The number of carbonyl (C=O) groups excluding carboxylic acids is 2. The third kappa shape index (κ3) is 1.18. The summed E-state index contributed by atoms with van der Waals surface area (Å²) in [6.07, 6.45) is 1.82. The molecule has 0 saturated heterocycles. The SMILES string of the molecule is O=C=Nc1ccc(C=O)o1. The number of nitrogens with zero attached hydrogens (tertiary/aromatic N) is 1. The molecule has 1 aromatic rings. The Balaban J connectivity index is 2.98. The number of rotatable bonds is 2. The zero-order valence-electron chi connectivity index (χ0n) is 4.90. The highest BCUT2D eigenvalue weighted by molar-refractivity contribution is 5.71. The first-order valence-corrected chi connectivity index (χ1v) is 2.49. The van der Waals surface area contributed by atoms with Crippen molar-refractivity contribution in [3.05, 3.63) is 17.9 Å². The molecule has 0 unspecified atom stereocenters. The first kappa shape index (κ1) is 6.45. The molecule has 1 heterocycles. The Bertz CT molecular complexity index is 283. The number of aliphatic imine (C=N–C) groups is 1. The zero-order chi connectivity index (χ0) is 7.40. The standard InChI is InChI=1S/C6H3NO3/c8-3-5-1-2-6(10-5)7-4-9/h1-3H. The Morgan fingerprint density at radius 1 is 1.60 bits per heavy atom. The maximum Gasteiger partial charge on any atom is 0.243 e. The number of furan rings is 1. The largest absolute Gasteiger partial charge is 0.435 e. The van der Waals surface area contributed by atoms with E-state index in [1.165, 1.54) is 18.2 Å². The third-order valence-electron chi connectivity index (χ3n) is 0.885. The number of hydrogen-bond donors (Lipinski definition) is 0. The molecule has 0 aromatic carbocycles. The average molecular weight is 137 g/mol. The predicted octanol–water partition coefficient (Wildman–Crippen LogP) is 1.06. The second-order valence-corrected chi connectivity index (χ2v) is 1.50. The van der Waals surface area contributed by atoms with E-state index in [2.05, 4.69) is 9.41 Å². The fourth-order valence-electron chi connectivity index (χ4n) is 0.511. The van der Waals surface area contributed by atoms with Crippen LogP contribution in [-0.4, -0.2) is 12.4 Å². The summed E-state index contributed by atoms with van der Waals surface area (Å²) in [4.78, 5) is 22.8. The van der Waals surface area contributed by atoms with Crippen LogP contribution in [0.15, 0.2) is 21.5 Å². The van der Waals surface area contributed by atoms with Crippen LogP contribution in [0.4, 0.5) is 5.88 Å². The molecule has 10 heavy (non-hydrogen) atoms. The van der Waals surface area contributed by atoms with E-state index >= 15 is 0 Å². The Kier molecular flexibility index (Phi) is 1.78. The van der Waals surface area contributed by atoms with Gasteiger partial charge in [0.05, 0.1) is 0 Å². The Morgan fingerprint density at radius 2 is 2.40 bits per heavy atom. The van der Waals surface area contributed by atoms with Gasteiger partial charge in [-0.05, 0) is 6.07 Å². The molecule has 0 amide bonds. The quantitative estimate of drug-likeness (QED) is 0.348. The molecular weight excluding hydrogens is 134 g/mol. The highest BCUT2D eigenvalue weighted by Gasteiger charge is 1.96. The van der Waals surface area contributed by atoms with Crippen molar-refractivity contribution < 1.29 is 14.0 Å². The number of carbonyl (C=O) groups is 1. The summed E-state index contributed by atoms with van der Waals surface area (Å²) < 4.78 is 4.68. The maximum absolute atomic E-state index is 9.99. The monoisotopic (exact) mass is 137 g/mol. The van der Waals surface area contributed by atoms with Crippen molar-refractivity contribution in [2.45, 2.75) is 0 Å².